The molecule has 3 heterocycles. The van der Waals surface area contributed by atoms with Crippen molar-refractivity contribution in [3.8, 4) is 0 Å². The van der Waals surface area contributed by atoms with Gasteiger partial charge in [0.2, 0.25) is 0 Å². The Morgan fingerprint density at radius 2 is 1.86 bits per heavy atom. The fourth-order valence-electron chi connectivity index (χ4n) is 4.06. The standard InChI is InChI=1S/C22H22N4O2/c27-22(21-12-16-3-1-2-4-17(16)14-28-21)26-9-7-25(8-10-26)19-5-6-20-18(11-19)13-23-15-24-20/h1-6,11,13,15,21H,7-10,12,14H2. The van der Waals surface area contributed by atoms with Gasteiger partial charge in [-0.25, -0.2) is 9.97 Å². The average Bonchev–Trinajstić information content (AvgIpc) is 2.78. The van der Waals surface area contributed by atoms with E-state index in [4.69, 9.17) is 4.74 Å². The molecule has 0 radical (unpaired) electrons. The minimum Gasteiger partial charge on any atom is -0.368 e. The third-order valence-corrected chi connectivity index (χ3v) is 5.68. The van der Waals surface area contributed by atoms with Crippen molar-refractivity contribution in [1.29, 1.82) is 0 Å². The Labute approximate surface area is 163 Å². The number of rotatable bonds is 2. The molecule has 6 nitrogen and oxygen atoms in total. The molecule has 2 aliphatic rings. The number of nitrogens with zero attached hydrogens (tertiary/aromatic N) is 4. The minimum absolute atomic E-state index is 0.112. The van der Waals surface area contributed by atoms with E-state index in [1.807, 2.05) is 29.3 Å². The van der Waals surface area contributed by atoms with Crippen LogP contribution >= 0.6 is 0 Å². The first-order valence-electron chi connectivity index (χ1n) is 9.70. The van der Waals surface area contributed by atoms with Crippen LogP contribution in [0.25, 0.3) is 10.9 Å². The van der Waals surface area contributed by atoms with Crippen LogP contribution < -0.4 is 4.90 Å². The molecule has 2 aromatic carbocycles. The van der Waals surface area contributed by atoms with Gasteiger partial charge in [0.1, 0.15) is 12.4 Å². The number of anilines is 1. The van der Waals surface area contributed by atoms with Crippen molar-refractivity contribution in [3.05, 3.63) is 66.1 Å². The molecule has 1 unspecified atom stereocenters. The molecule has 1 atom stereocenters. The van der Waals surface area contributed by atoms with Crippen LogP contribution in [0.4, 0.5) is 5.69 Å². The van der Waals surface area contributed by atoms with E-state index in [0.29, 0.717) is 26.1 Å². The Hall–Kier alpha value is -2.99. The third-order valence-electron chi connectivity index (χ3n) is 5.68. The normalized spacial score (nSPS) is 19.5. The van der Waals surface area contributed by atoms with E-state index in [-0.39, 0.29) is 12.0 Å². The molecule has 1 saturated heterocycles. The molecule has 0 aliphatic carbocycles. The van der Waals surface area contributed by atoms with E-state index in [2.05, 4.69) is 39.1 Å². The maximum absolute atomic E-state index is 12.9. The number of hydrogen-bond donors (Lipinski definition) is 0. The number of aromatic nitrogens is 2. The van der Waals surface area contributed by atoms with Crippen LogP contribution in [0.2, 0.25) is 0 Å². The minimum atomic E-state index is -0.362. The molecule has 0 N–H and O–H groups in total. The van der Waals surface area contributed by atoms with Crippen molar-refractivity contribution >= 4 is 22.5 Å². The molecular weight excluding hydrogens is 352 g/mol. The zero-order valence-electron chi connectivity index (χ0n) is 15.6. The van der Waals surface area contributed by atoms with Gasteiger partial charge in [0.25, 0.3) is 5.91 Å². The monoisotopic (exact) mass is 374 g/mol. The van der Waals surface area contributed by atoms with E-state index in [0.717, 1.165) is 29.7 Å². The lowest BCUT2D eigenvalue weighted by molar-refractivity contribution is -0.145. The molecule has 2 aliphatic heterocycles. The van der Waals surface area contributed by atoms with Crippen LogP contribution in [0.15, 0.2) is 55.0 Å². The summed E-state index contributed by atoms with van der Waals surface area (Å²) in [6.45, 7) is 3.57. The number of piperazine rings is 1. The maximum atomic E-state index is 12.9. The second-order valence-electron chi connectivity index (χ2n) is 7.35. The van der Waals surface area contributed by atoms with Gasteiger partial charge in [-0.05, 0) is 29.3 Å². The predicted octanol–water partition coefficient (Wildman–Crippen LogP) is 2.42. The molecule has 1 fully saturated rings. The third kappa shape index (κ3) is 3.20. The number of fused-ring (bicyclic) bond motifs is 2. The highest BCUT2D eigenvalue weighted by Crippen LogP contribution is 2.24. The number of ether oxygens (including phenoxy) is 1. The highest BCUT2D eigenvalue weighted by molar-refractivity contribution is 5.83. The molecule has 142 valence electrons. The molecule has 5 rings (SSSR count). The Balaban J connectivity index is 1.23. The van der Waals surface area contributed by atoms with Crippen molar-refractivity contribution in [2.45, 2.75) is 19.1 Å². The first kappa shape index (κ1) is 17.1. The van der Waals surface area contributed by atoms with Crippen molar-refractivity contribution in [2.75, 3.05) is 31.1 Å². The van der Waals surface area contributed by atoms with Crippen LogP contribution in [0.1, 0.15) is 11.1 Å². The molecule has 28 heavy (non-hydrogen) atoms. The number of benzene rings is 2. The topological polar surface area (TPSA) is 58.6 Å². The molecule has 0 spiro atoms. The maximum Gasteiger partial charge on any atom is 0.252 e. The lowest BCUT2D eigenvalue weighted by Crippen LogP contribution is -2.52. The molecule has 1 aromatic heterocycles. The summed E-state index contributed by atoms with van der Waals surface area (Å²) >= 11 is 0. The number of carbonyl (C=O) groups is 1. The van der Waals surface area contributed by atoms with Crippen LogP contribution in [0.3, 0.4) is 0 Å². The summed E-state index contributed by atoms with van der Waals surface area (Å²) in [5, 5.41) is 1.03. The first-order valence-corrected chi connectivity index (χ1v) is 9.70. The molecule has 0 saturated carbocycles. The Kier molecular flexibility index (Phi) is 4.41. The van der Waals surface area contributed by atoms with E-state index in [1.165, 1.54) is 11.1 Å². The van der Waals surface area contributed by atoms with E-state index >= 15 is 0 Å². The van der Waals surface area contributed by atoms with E-state index in [1.54, 1.807) is 6.33 Å². The highest BCUT2D eigenvalue weighted by Gasteiger charge is 2.31. The van der Waals surface area contributed by atoms with Crippen molar-refractivity contribution < 1.29 is 9.53 Å². The average molecular weight is 374 g/mol. The van der Waals surface area contributed by atoms with Gasteiger partial charge in [-0.2, -0.15) is 0 Å². The van der Waals surface area contributed by atoms with Crippen LogP contribution in [-0.4, -0.2) is 53.1 Å². The lowest BCUT2D eigenvalue weighted by atomic mass is 9.98. The summed E-state index contributed by atoms with van der Waals surface area (Å²) in [5.74, 6) is 0.112. The molecule has 3 aromatic rings. The van der Waals surface area contributed by atoms with Crippen LogP contribution in [0, 0.1) is 0 Å². The summed E-state index contributed by atoms with van der Waals surface area (Å²) in [6.07, 6.45) is 3.71. The molecule has 1 amide bonds. The zero-order chi connectivity index (χ0) is 18.9. The molecular formula is C22H22N4O2. The summed E-state index contributed by atoms with van der Waals surface area (Å²) in [6, 6.07) is 14.4. The summed E-state index contributed by atoms with van der Waals surface area (Å²) in [4.78, 5) is 25.6. The fourth-order valence-corrected chi connectivity index (χ4v) is 4.06. The quantitative estimate of drug-likeness (QED) is 0.690. The van der Waals surface area contributed by atoms with Crippen molar-refractivity contribution in [3.63, 3.8) is 0 Å². The molecule has 6 heteroatoms. The zero-order valence-corrected chi connectivity index (χ0v) is 15.6. The van der Waals surface area contributed by atoms with Gasteiger partial charge >= 0.3 is 0 Å². The van der Waals surface area contributed by atoms with Gasteiger partial charge in [0, 0.05) is 49.9 Å². The Morgan fingerprint density at radius 1 is 1.04 bits per heavy atom. The van der Waals surface area contributed by atoms with Gasteiger partial charge in [-0.3, -0.25) is 4.79 Å². The highest BCUT2D eigenvalue weighted by atomic mass is 16.5. The smallest absolute Gasteiger partial charge is 0.252 e. The summed E-state index contributed by atoms with van der Waals surface area (Å²) in [7, 11) is 0. The van der Waals surface area contributed by atoms with Crippen LogP contribution in [-0.2, 0) is 22.6 Å². The first-order chi connectivity index (χ1) is 13.8. The van der Waals surface area contributed by atoms with Crippen LogP contribution in [0.5, 0.6) is 0 Å². The van der Waals surface area contributed by atoms with Gasteiger partial charge in [0.05, 0.1) is 12.1 Å². The van der Waals surface area contributed by atoms with Crippen molar-refractivity contribution in [1.82, 2.24) is 14.9 Å². The Morgan fingerprint density at radius 3 is 2.71 bits per heavy atom. The van der Waals surface area contributed by atoms with Crippen molar-refractivity contribution in [2.24, 2.45) is 0 Å². The van der Waals surface area contributed by atoms with Gasteiger partial charge in [0.15, 0.2) is 0 Å². The predicted molar refractivity (Wildman–Crippen MR) is 107 cm³/mol. The van der Waals surface area contributed by atoms with Gasteiger partial charge in [-0.15, -0.1) is 0 Å². The van der Waals surface area contributed by atoms with E-state index in [9.17, 15) is 4.79 Å². The second-order valence-corrected chi connectivity index (χ2v) is 7.35. The summed E-state index contributed by atoms with van der Waals surface area (Å²) < 4.78 is 5.86. The number of carbonyl (C=O) groups excluding carboxylic acids is 1. The largest absolute Gasteiger partial charge is 0.368 e. The second kappa shape index (κ2) is 7.20. The Bertz CT molecular complexity index is 1010. The van der Waals surface area contributed by atoms with E-state index < -0.39 is 0 Å². The SMILES string of the molecule is O=C(C1Cc2ccccc2CO1)N1CCN(c2ccc3ncncc3c2)CC1. The van der Waals surface area contributed by atoms with Gasteiger partial charge < -0.3 is 14.5 Å². The molecule has 0 bridgehead atoms. The number of hydrogen-bond acceptors (Lipinski definition) is 5. The fraction of sp³-hybridized carbons (Fsp3) is 0.318. The lowest BCUT2D eigenvalue weighted by Gasteiger charge is -2.38. The van der Waals surface area contributed by atoms with Gasteiger partial charge in [-0.1, -0.05) is 24.3 Å². The number of amides is 1. The summed E-state index contributed by atoms with van der Waals surface area (Å²) in [5.41, 5.74) is 4.51.